The molecule has 5 N–H and O–H groups in total. The van der Waals surface area contributed by atoms with Crippen molar-refractivity contribution < 1.29 is 0 Å². The molecule has 0 aliphatic heterocycles. The smallest absolute Gasteiger partial charge is 0.196 e. The Morgan fingerprint density at radius 3 is 2.45 bits per heavy atom. The summed E-state index contributed by atoms with van der Waals surface area (Å²) >= 11 is 1.39. The van der Waals surface area contributed by atoms with Crippen molar-refractivity contribution in [3.63, 3.8) is 0 Å². The van der Waals surface area contributed by atoms with E-state index in [1.54, 1.807) is 0 Å². The molecule has 2 aromatic heterocycles. The molecule has 0 spiro atoms. The molecule has 20 heavy (non-hydrogen) atoms. The molecule has 0 amide bonds. The monoisotopic (exact) mass is 290 g/mol. The normalized spacial score (nSPS) is 12.3. The van der Waals surface area contributed by atoms with Gasteiger partial charge in [-0.2, -0.15) is 0 Å². The summed E-state index contributed by atoms with van der Waals surface area (Å²) in [6, 6.07) is 5.80. The van der Waals surface area contributed by atoms with E-state index in [0.717, 1.165) is 17.0 Å². The molecule has 0 aliphatic rings. The van der Waals surface area contributed by atoms with Crippen LogP contribution in [0.5, 0.6) is 0 Å². The number of nitrogens with two attached hydrogens (primary N) is 2. The van der Waals surface area contributed by atoms with Gasteiger partial charge in [0.2, 0.25) is 0 Å². The van der Waals surface area contributed by atoms with Gasteiger partial charge in [-0.25, -0.2) is 9.97 Å². The predicted octanol–water partition coefficient (Wildman–Crippen LogP) is 1.86. The van der Waals surface area contributed by atoms with Gasteiger partial charge < -0.3 is 16.8 Å². The van der Waals surface area contributed by atoms with Crippen LogP contribution in [-0.4, -0.2) is 22.0 Å². The van der Waals surface area contributed by atoms with E-state index in [4.69, 9.17) is 11.5 Å². The van der Waals surface area contributed by atoms with Crippen LogP contribution in [0.15, 0.2) is 34.4 Å². The van der Waals surface area contributed by atoms with E-state index in [-0.39, 0.29) is 6.04 Å². The molecule has 1 unspecified atom stereocenters. The summed E-state index contributed by atoms with van der Waals surface area (Å²) in [7, 11) is 1.93. The van der Waals surface area contributed by atoms with E-state index in [0.29, 0.717) is 16.8 Å². The molecule has 7 heteroatoms. The van der Waals surface area contributed by atoms with Gasteiger partial charge in [0.25, 0.3) is 0 Å². The average Bonchev–Trinajstić information content (AvgIpc) is 2.41. The third kappa shape index (κ3) is 3.58. The first-order valence-electron chi connectivity index (χ1n) is 6.33. The lowest BCUT2D eigenvalue weighted by atomic mass is 10.1. The highest BCUT2D eigenvalue weighted by molar-refractivity contribution is 7.99. The predicted molar refractivity (Wildman–Crippen MR) is 81.3 cm³/mol. The summed E-state index contributed by atoms with van der Waals surface area (Å²) < 4.78 is 0. The molecule has 0 bridgehead atoms. The molecule has 106 valence electrons. The van der Waals surface area contributed by atoms with Gasteiger partial charge in [-0.1, -0.05) is 6.92 Å². The van der Waals surface area contributed by atoms with Gasteiger partial charge in [0.05, 0.1) is 5.69 Å². The SMILES string of the molecule is CCC(NC)c1ccc(Sc2nc(N)cc(N)n2)cn1. The standard InChI is InChI=1S/C13H18N6S/c1-3-9(16-2)10-5-4-8(7-17-10)20-13-18-11(14)6-12(15)19-13/h4-7,9,16H,3H2,1-2H3,(H4,14,15,18,19). The van der Waals surface area contributed by atoms with Gasteiger partial charge in [0, 0.05) is 23.2 Å². The van der Waals surface area contributed by atoms with Gasteiger partial charge >= 0.3 is 0 Å². The van der Waals surface area contributed by atoms with Crippen molar-refractivity contribution in [2.75, 3.05) is 18.5 Å². The lowest BCUT2D eigenvalue weighted by Crippen LogP contribution is -2.16. The molecule has 6 nitrogen and oxygen atoms in total. The zero-order chi connectivity index (χ0) is 14.5. The van der Waals surface area contributed by atoms with Crippen molar-refractivity contribution in [3.8, 4) is 0 Å². The van der Waals surface area contributed by atoms with E-state index in [2.05, 4.69) is 27.2 Å². The van der Waals surface area contributed by atoms with Crippen molar-refractivity contribution >= 4 is 23.4 Å². The average molecular weight is 290 g/mol. The summed E-state index contributed by atoms with van der Waals surface area (Å²) in [5, 5.41) is 3.75. The van der Waals surface area contributed by atoms with Crippen LogP contribution in [0, 0.1) is 0 Å². The molecule has 2 heterocycles. The molecule has 0 fully saturated rings. The van der Waals surface area contributed by atoms with Crippen molar-refractivity contribution in [3.05, 3.63) is 30.1 Å². The summed E-state index contributed by atoms with van der Waals surface area (Å²) in [5.41, 5.74) is 12.3. The van der Waals surface area contributed by atoms with Crippen molar-refractivity contribution in [1.29, 1.82) is 0 Å². The first kappa shape index (κ1) is 14.5. The van der Waals surface area contributed by atoms with Crippen LogP contribution < -0.4 is 16.8 Å². The van der Waals surface area contributed by atoms with Gasteiger partial charge in [-0.05, 0) is 37.4 Å². The summed E-state index contributed by atoms with van der Waals surface area (Å²) in [5.74, 6) is 0.733. The Hall–Kier alpha value is -1.86. The van der Waals surface area contributed by atoms with E-state index in [9.17, 15) is 0 Å². The Balaban J connectivity index is 2.14. The van der Waals surface area contributed by atoms with Crippen molar-refractivity contribution in [2.45, 2.75) is 29.4 Å². The zero-order valence-electron chi connectivity index (χ0n) is 11.5. The third-order valence-electron chi connectivity index (χ3n) is 2.83. The van der Waals surface area contributed by atoms with Gasteiger partial charge in [0.1, 0.15) is 11.6 Å². The van der Waals surface area contributed by atoms with E-state index >= 15 is 0 Å². The van der Waals surface area contributed by atoms with Crippen molar-refractivity contribution in [1.82, 2.24) is 20.3 Å². The number of anilines is 2. The Kier molecular flexibility index (Phi) is 4.75. The second-order valence-electron chi connectivity index (χ2n) is 4.27. The summed E-state index contributed by atoms with van der Waals surface area (Å²) in [6.07, 6.45) is 2.80. The third-order valence-corrected chi connectivity index (χ3v) is 3.67. The Bertz CT molecular complexity index is 547. The van der Waals surface area contributed by atoms with E-state index < -0.39 is 0 Å². The fraction of sp³-hybridized carbons (Fsp3) is 0.308. The number of hydrogen-bond donors (Lipinski definition) is 3. The topological polar surface area (TPSA) is 103 Å². The van der Waals surface area contributed by atoms with Crippen molar-refractivity contribution in [2.24, 2.45) is 0 Å². The van der Waals surface area contributed by atoms with E-state index in [1.807, 2.05) is 25.4 Å². The number of rotatable bonds is 5. The van der Waals surface area contributed by atoms with Gasteiger partial charge in [-0.15, -0.1) is 0 Å². The first-order chi connectivity index (χ1) is 9.62. The molecule has 0 aromatic carbocycles. The second kappa shape index (κ2) is 6.53. The highest BCUT2D eigenvalue weighted by Gasteiger charge is 2.09. The minimum absolute atomic E-state index is 0.272. The summed E-state index contributed by atoms with van der Waals surface area (Å²) in [6.45, 7) is 2.12. The number of aromatic nitrogens is 3. The molecule has 0 aliphatic carbocycles. The van der Waals surface area contributed by atoms with Crippen LogP contribution in [-0.2, 0) is 0 Å². The van der Waals surface area contributed by atoms with Crippen LogP contribution in [0.3, 0.4) is 0 Å². The quantitative estimate of drug-likeness (QED) is 0.722. The minimum atomic E-state index is 0.272. The molecule has 0 saturated heterocycles. The molecule has 1 atom stereocenters. The Morgan fingerprint density at radius 2 is 1.95 bits per heavy atom. The lowest BCUT2D eigenvalue weighted by molar-refractivity contribution is 0.561. The first-order valence-corrected chi connectivity index (χ1v) is 7.15. The molecular formula is C13H18N6S. The van der Waals surface area contributed by atoms with Crippen LogP contribution >= 0.6 is 11.8 Å². The number of nitrogens with zero attached hydrogens (tertiary/aromatic N) is 3. The number of nitrogen functional groups attached to an aromatic ring is 2. The zero-order valence-corrected chi connectivity index (χ0v) is 12.3. The Labute approximate surface area is 122 Å². The van der Waals surface area contributed by atoms with Crippen LogP contribution in [0.1, 0.15) is 25.1 Å². The maximum Gasteiger partial charge on any atom is 0.196 e. The Morgan fingerprint density at radius 1 is 1.25 bits per heavy atom. The molecule has 0 radical (unpaired) electrons. The molecular weight excluding hydrogens is 272 g/mol. The number of pyridine rings is 1. The second-order valence-corrected chi connectivity index (χ2v) is 5.31. The van der Waals surface area contributed by atoms with Crippen LogP contribution in [0.2, 0.25) is 0 Å². The molecule has 0 saturated carbocycles. The number of hydrogen-bond acceptors (Lipinski definition) is 7. The van der Waals surface area contributed by atoms with Gasteiger partial charge in [-0.3, -0.25) is 4.98 Å². The number of nitrogens with one attached hydrogen (secondary N) is 1. The van der Waals surface area contributed by atoms with Gasteiger partial charge in [0.15, 0.2) is 5.16 Å². The van der Waals surface area contributed by atoms with E-state index in [1.165, 1.54) is 17.8 Å². The van der Waals surface area contributed by atoms with Crippen LogP contribution in [0.4, 0.5) is 11.6 Å². The maximum absolute atomic E-state index is 5.64. The fourth-order valence-corrected chi connectivity index (χ4v) is 2.59. The molecule has 2 aromatic rings. The largest absolute Gasteiger partial charge is 0.383 e. The highest BCUT2D eigenvalue weighted by Crippen LogP contribution is 2.26. The fourth-order valence-electron chi connectivity index (χ4n) is 1.83. The summed E-state index contributed by atoms with van der Waals surface area (Å²) in [4.78, 5) is 13.7. The molecule has 2 rings (SSSR count). The van der Waals surface area contributed by atoms with Crippen LogP contribution in [0.25, 0.3) is 0 Å². The maximum atomic E-state index is 5.64. The lowest BCUT2D eigenvalue weighted by Gasteiger charge is -2.13. The highest BCUT2D eigenvalue weighted by atomic mass is 32.2. The minimum Gasteiger partial charge on any atom is -0.383 e.